The van der Waals surface area contributed by atoms with E-state index < -0.39 is 5.82 Å². The van der Waals surface area contributed by atoms with Gasteiger partial charge in [0, 0.05) is 24.4 Å². The minimum atomic E-state index is -0.453. The molecule has 104 valence electrons. The van der Waals surface area contributed by atoms with Crippen molar-refractivity contribution < 1.29 is 13.9 Å². The molecule has 0 aliphatic carbocycles. The summed E-state index contributed by atoms with van der Waals surface area (Å²) < 4.78 is 18.7. The summed E-state index contributed by atoms with van der Waals surface area (Å²) >= 11 is 0. The highest BCUT2D eigenvalue weighted by molar-refractivity contribution is 5.91. The topological polar surface area (TPSA) is 64.3 Å². The first-order chi connectivity index (χ1) is 9.13. The van der Waals surface area contributed by atoms with Crippen molar-refractivity contribution in [3.05, 3.63) is 24.0 Å². The number of nitrogen functional groups attached to an aromatic ring is 1. The first kappa shape index (κ1) is 13.8. The number of benzene rings is 1. The van der Waals surface area contributed by atoms with Gasteiger partial charge < -0.3 is 15.8 Å². The molecule has 1 atom stereocenters. The molecule has 1 aliphatic heterocycles. The molecule has 0 saturated carbocycles. The van der Waals surface area contributed by atoms with E-state index in [-0.39, 0.29) is 12.0 Å². The van der Waals surface area contributed by atoms with Gasteiger partial charge in [-0.25, -0.2) is 4.39 Å². The number of hydrogen-bond acceptors (Lipinski definition) is 3. The van der Waals surface area contributed by atoms with Crippen molar-refractivity contribution >= 4 is 17.3 Å². The number of carbonyl (C=O) groups is 1. The zero-order valence-corrected chi connectivity index (χ0v) is 10.8. The first-order valence-corrected chi connectivity index (χ1v) is 6.61. The Morgan fingerprint density at radius 3 is 2.95 bits per heavy atom. The van der Waals surface area contributed by atoms with E-state index in [0.29, 0.717) is 24.2 Å². The second kappa shape index (κ2) is 6.52. The van der Waals surface area contributed by atoms with Crippen molar-refractivity contribution in [2.45, 2.75) is 38.2 Å². The molecule has 19 heavy (non-hydrogen) atoms. The summed E-state index contributed by atoms with van der Waals surface area (Å²) in [5.74, 6) is -0.593. The van der Waals surface area contributed by atoms with Crippen molar-refractivity contribution in [1.82, 2.24) is 0 Å². The SMILES string of the molecule is Nc1cc(F)cc(NC(=O)CCC2CCCCO2)c1. The molecule has 0 aromatic heterocycles. The highest BCUT2D eigenvalue weighted by atomic mass is 19.1. The highest BCUT2D eigenvalue weighted by Crippen LogP contribution is 2.19. The van der Waals surface area contributed by atoms with Gasteiger partial charge in [-0.15, -0.1) is 0 Å². The van der Waals surface area contributed by atoms with E-state index in [2.05, 4.69) is 5.32 Å². The molecule has 0 spiro atoms. The number of halogens is 1. The number of nitrogens with one attached hydrogen (secondary N) is 1. The number of ether oxygens (including phenoxy) is 1. The summed E-state index contributed by atoms with van der Waals surface area (Å²) in [6, 6.07) is 4.01. The van der Waals surface area contributed by atoms with Crippen LogP contribution < -0.4 is 11.1 Å². The Labute approximate surface area is 112 Å². The minimum Gasteiger partial charge on any atom is -0.399 e. The van der Waals surface area contributed by atoms with Gasteiger partial charge in [-0.1, -0.05) is 0 Å². The molecule has 1 aliphatic rings. The normalized spacial score (nSPS) is 19.1. The quantitative estimate of drug-likeness (QED) is 0.823. The molecule has 1 heterocycles. The van der Waals surface area contributed by atoms with Gasteiger partial charge in [-0.05, 0) is 43.9 Å². The van der Waals surface area contributed by atoms with Crippen LogP contribution in [0, 0.1) is 5.82 Å². The van der Waals surface area contributed by atoms with Crippen LogP contribution in [0.25, 0.3) is 0 Å². The van der Waals surface area contributed by atoms with E-state index in [1.54, 1.807) is 0 Å². The van der Waals surface area contributed by atoms with Gasteiger partial charge in [-0.2, -0.15) is 0 Å². The number of carbonyl (C=O) groups excluding carboxylic acids is 1. The van der Waals surface area contributed by atoms with Crippen LogP contribution in [0.1, 0.15) is 32.1 Å². The molecule has 0 radical (unpaired) electrons. The van der Waals surface area contributed by atoms with Gasteiger partial charge in [-0.3, -0.25) is 4.79 Å². The lowest BCUT2D eigenvalue weighted by Crippen LogP contribution is -2.21. The fourth-order valence-corrected chi connectivity index (χ4v) is 2.24. The first-order valence-electron chi connectivity index (χ1n) is 6.61. The summed E-state index contributed by atoms with van der Waals surface area (Å²) in [6.45, 7) is 0.784. The fourth-order valence-electron chi connectivity index (χ4n) is 2.24. The maximum atomic E-state index is 13.1. The third kappa shape index (κ3) is 4.52. The molecule has 0 bridgehead atoms. The standard InChI is InChI=1S/C14H19FN2O2/c15-10-7-11(16)9-12(8-10)17-14(18)5-4-13-3-1-2-6-19-13/h7-9,13H,1-6,16H2,(H,17,18). The zero-order chi connectivity index (χ0) is 13.7. The van der Waals surface area contributed by atoms with Crippen LogP contribution in [-0.2, 0) is 9.53 Å². The van der Waals surface area contributed by atoms with Crippen molar-refractivity contribution in [1.29, 1.82) is 0 Å². The highest BCUT2D eigenvalue weighted by Gasteiger charge is 2.15. The van der Waals surface area contributed by atoms with Crippen LogP contribution in [0.2, 0.25) is 0 Å². The molecule has 5 heteroatoms. The van der Waals surface area contributed by atoms with Crippen molar-refractivity contribution in [3.63, 3.8) is 0 Å². The van der Waals surface area contributed by atoms with Crippen molar-refractivity contribution in [2.24, 2.45) is 0 Å². The average Bonchev–Trinajstić information content (AvgIpc) is 2.36. The number of hydrogen-bond donors (Lipinski definition) is 2. The number of nitrogens with two attached hydrogens (primary N) is 1. The zero-order valence-electron chi connectivity index (χ0n) is 10.8. The van der Waals surface area contributed by atoms with E-state index in [9.17, 15) is 9.18 Å². The second-order valence-corrected chi connectivity index (χ2v) is 4.85. The number of anilines is 2. The van der Waals surface area contributed by atoms with Gasteiger partial charge in [0.15, 0.2) is 0 Å². The van der Waals surface area contributed by atoms with Gasteiger partial charge >= 0.3 is 0 Å². The summed E-state index contributed by atoms with van der Waals surface area (Å²) in [5.41, 5.74) is 6.21. The molecule has 1 aromatic rings. The molecule has 1 fully saturated rings. The lowest BCUT2D eigenvalue weighted by atomic mass is 10.0. The number of amides is 1. The second-order valence-electron chi connectivity index (χ2n) is 4.85. The predicted molar refractivity (Wildman–Crippen MR) is 72.3 cm³/mol. The molecule has 2 rings (SSSR count). The molecular weight excluding hydrogens is 247 g/mol. The summed E-state index contributed by atoms with van der Waals surface area (Å²) in [5, 5.41) is 2.65. The molecule has 1 aromatic carbocycles. The van der Waals surface area contributed by atoms with Crippen LogP contribution in [0.4, 0.5) is 15.8 Å². The number of rotatable bonds is 4. The maximum absolute atomic E-state index is 13.1. The molecule has 3 N–H and O–H groups in total. The Balaban J connectivity index is 1.80. The van der Waals surface area contributed by atoms with Crippen LogP contribution in [0.5, 0.6) is 0 Å². The van der Waals surface area contributed by atoms with Crippen LogP contribution >= 0.6 is 0 Å². The minimum absolute atomic E-state index is 0.140. The largest absolute Gasteiger partial charge is 0.399 e. The summed E-state index contributed by atoms with van der Waals surface area (Å²) in [4.78, 5) is 11.7. The van der Waals surface area contributed by atoms with E-state index in [0.717, 1.165) is 25.9 Å². The smallest absolute Gasteiger partial charge is 0.224 e. The van der Waals surface area contributed by atoms with Gasteiger partial charge in [0.1, 0.15) is 5.82 Å². The Bertz CT molecular complexity index is 425. The Kier molecular flexibility index (Phi) is 4.74. The van der Waals surface area contributed by atoms with Crippen LogP contribution in [0.15, 0.2) is 18.2 Å². The molecular formula is C14H19FN2O2. The van der Waals surface area contributed by atoms with E-state index >= 15 is 0 Å². The molecule has 1 saturated heterocycles. The fraction of sp³-hybridized carbons (Fsp3) is 0.500. The maximum Gasteiger partial charge on any atom is 0.224 e. The molecule has 1 amide bonds. The molecule has 1 unspecified atom stereocenters. The average molecular weight is 266 g/mol. The summed E-state index contributed by atoms with van der Waals surface area (Å²) in [7, 11) is 0. The Morgan fingerprint density at radius 1 is 1.42 bits per heavy atom. The van der Waals surface area contributed by atoms with Gasteiger partial charge in [0.05, 0.1) is 6.10 Å². The van der Waals surface area contributed by atoms with E-state index in [1.807, 2.05) is 0 Å². The van der Waals surface area contributed by atoms with E-state index in [4.69, 9.17) is 10.5 Å². The van der Waals surface area contributed by atoms with Gasteiger partial charge in [0.25, 0.3) is 0 Å². The van der Waals surface area contributed by atoms with Crippen molar-refractivity contribution in [3.8, 4) is 0 Å². The lowest BCUT2D eigenvalue weighted by Gasteiger charge is -2.22. The monoisotopic (exact) mass is 266 g/mol. The van der Waals surface area contributed by atoms with Gasteiger partial charge in [0.2, 0.25) is 5.91 Å². The molecule has 4 nitrogen and oxygen atoms in total. The van der Waals surface area contributed by atoms with Crippen molar-refractivity contribution in [2.75, 3.05) is 17.7 Å². The van der Waals surface area contributed by atoms with E-state index in [1.165, 1.54) is 18.2 Å². The lowest BCUT2D eigenvalue weighted by molar-refractivity contribution is -0.117. The predicted octanol–water partition coefficient (Wildman–Crippen LogP) is 2.70. The van der Waals surface area contributed by atoms with Crippen LogP contribution in [0.3, 0.4) is 0 Å². The third-order valence-electron chi connectivity index (χ3n) is 3.17. The Hall–Kier alpha value is -1.62. The van der Waals surface area contributed by atoms with Crippen LogP contribution in [-0.4, -0.2) is 18.6 Å². The Morgan fingerprint density at radius 2 is 2.26 bits per heavy atom. The third-order valence-corrected chi connectivity index (χ3v) is 3.17. The summed E-state index contributed by atoms with van der Waals surface area (Å²) in [6.07, 6.45) is 4.53.